The number of ether oxygens (including phenoxy) is 1. The minimum Gasteiger partial charge on any atom is -0.380 e. The SMILES string of the molecule is CC1CCCC1CNCC1(C)COC1. The van der Waals surface area contributed by atoms with Crippen molar-refractivity contribution in [1.29, 1.82) is 0 Å². The fourth-order valence-electron chi connectivity index (χ4n) is 2.64. The van der Waals surface area contributed by atoms with Crippen LogP contribution in [0, 0.1) is 17.3 Å². The highest BCUT2D eigenvalue weighted by atomic mass is 16.5. The van der Waals surface area contributed by atoms with Crippen LogP contribution in [0.15, 0.2) is 0 Å². The van der Waals surface area contributed by atoms with Crippen molar-refractivity contribution < 1.29 is 4.74 Å². The van der Waals surface area contributed by atoms with Crippen LogP contribution < -0.4 is 5.32 Å². The number of rotatable bonds is 4. The van der Waals surface area contributed by atoms with Crippen LogP contribution in [-0.2, 0) is 4.74 Å². The molecule has 0 aromatic heterocycles. The fourth-order valence-corrected chi connectivity index (χ4v) is 2.64. The average Bonchev–Trinajstić information content (AvgIpc) is 2.49. The Hall–Kier alpha value is -0.0800. The van der Waals surface area contributed by atoms with E-state index in [2.05, 4.69) is 19.2 Å². The first-order valence-corrected chi connectivity index (χ1v) is 5.98. The molecule has 1 saturated carbocycles. The second-order valence-corrected chi connectivity index (χ2v) is 5.60. The van der Waals surface area contributed by atoms with Gasteiger partial charge in [0.05, 0.1) is 13.2 Å². The molecule has 1 aliphatic heterocycles. The Kier molecular flexibility index (Phi) is 3.13. The van der Waals surface area contributed by atoms with E-state index in [1.807, 2.05) is 0 Å². The van der Waals surface area contributed by atoms with Gasteiger partial charge in [-0.05, 0) is 24.8 Å². The zero-order chi connectivity index (χ0) is 10.0. The summed E-state index contributed by atoms with van der Waals surface area (Å²) in [6, 6.07) is 0. The molecule has 2 aliphatic rings. The fraction of sp³-hybridized carbons (Fsp3) is 1.00. The van der Waals surface area contributed by atoms with Gasteiger partial charge in [-0.3, -0.25) is 0 Å². The first-order chi connectivity index (χ1) is 6.70. The lowest BCUT2D eigenvalue weighted by Crippen LogP contribution is -2.48. The smallest absolute Gasteiger partial charge is 0.0554 e. The van der Waals surface area contributed by atoms with Crippen LogP contribution in [0.5, 0.6) is 0 Å². The highest BCUT2D eigenvalue weighted by Gasteiger charge is 2.33. The molecule has 2 nitrogen and oxygen atoms in total. The summed E-state index contributed by atoms with van der Waals surface area (Å²) in [4.78, 5) is 0. The van der Waals surface area contributed by atoms with Crippen molar-refractivity contribution in [2.75, 3.05) is 26.3 Å². The monoisotopic (exact) mass is 197 g/mol. The zero-order valence-electron chi connectivity index (χ0n) is 9.51. The van der Waals surface area contributed by atoms with Crippen molar-refractivity contribution in [3.05, 3.63) is 0 Å². The van der Waals surface area contributed by atoms with E-state index in [-0.39, 0.29) is 0 Å². The maximum atomic E-state index is 5.24. The maximum absolute atomic E-state index is 5.24. The van der Waals surface area contributed by atoms with Crippen LogP contribution in [0.4, 0.5) is 0 Å². The molecule has 2 unspecified atom stereocenters. The molecule has 0 spiro atoms. The maximum Gasteiger partial charge on any atom is 0.0554 e. The topological polar surface area (TPSA) is 21.3 Å². The van der Waals surface area contributed by atoms with Gasteiger partial charge in [0.2, 0.25) is 0 Å². The standard InChI is InChI=1S/C12H23NO/c1-10-4-3-5-11(10)6-13-7-12(2)8-14-9-12/h10-11,13H,3-9H2,1-2H3. The molecule has 0 aromatic rings. The Balaban J connectivity index is 1.62. The van der Waals surface area contributed by atoms with Gasteiger partial charge >= 0.3 is 0 Å². The average molecular weight is 197 g/mol. The lowest BCUT2D eigenvalue weighted by molar-refractivity contribution is -0.0992. The van der Waals surface area contributed by atoms with E-state index < -0.39 is 0 Å². The zero-order valence-corrected chi connectivity index (χ0v) is 9.51. The highest BCUT2D eigenvalue weighted by molar-refractivity contribution is 4.84. The Labute approximate surface area is 87.4 Å². The first kappa shape index (κ1) is 10.4. The van der Waals surface area contributed by atoms with Crippen molar-refractivity contribution in [2.45, 2.75) is 33.1 Å². The Bertz CT molecular complexity index is 189. The number of nitrogens with one attached hydrogen (secondary N) is 1. The third-order valence-electron chi connectivity index (χ3n) is 3.90. The van der Waals surface area contributed by atoms with Crippen molar-refractivity contribution in [3.63, 3.8) is 0 Å². The van der Waals surface area contributed by atoms with Gasteiger partial charge in [0.1, 0.15) is 0 Å². The van der Waals surface area contributed by atoms with E-state index in [1.165, 1.54) is 25.8 Å². The molecule has 0 radical (unpaired) electrons. The van der Waals surface area contributed by atoms with Crippen molar-refractivity contribution >= 4 is 0 Å². The second kappa shape index (κ2) is 4.19. The third kappa shape index (κ3) is 2.29. The molecule has 1 aliphatic carbocycles. The van der Waals surface area contributed by atoms with Gasteiger partial charge in [-0.1, -0.05) is 26.7 Å². The summed E-state index contributed by atoms with van der Waals surface area (Å²) in [5.41, 5.74) is 0.432. The summed E-state index contributed by atoms with van der Waals surface area (Å²) in [7, 11) is 0. The van der Waals surface area contributed by atoms with Crippen LogP contribution in [-0.4, -0.2) is 26.3 Å². The quantitative estimate of drug-likeness (QED) is 0.745. The molecule has 1 saturated heterocycles. The van der Waals surface area contributed by atoms with Crippen LogP contribution in [0.1, 0.15) is 33.1 Å². The normalized spacial score (nSPS) is 35.6. The van der Waals surface area contributed by atoms with Crippen LogP contribution >= 0.6 is 0 Å². The molecule has 2 rings (SSSR count). The molecule has 1 heterocycles. The lowest BCUT2D eigenvalue weighted by atomic mass is 9.88. The van der Waals surface area contributed by atoms with E-state index in [1.54, 1.807) is 0 Å². The van der Waals surface area contributed by atoms with Crippen molar-refractivity contribution in [2.24, 2.45) is 17.3 Å². The Morgan fingerprint density at radius 1 is 1.36 bits per heavy atom. The first-order valence-electron chi connectivity index (χ1n) is 5.98. The molecular formula is C12H23NO. The minimum atomic E-state index is 0.432. The van der Waals surface area contributed by atoms with Crippen LogP contribution in [0.25, 0.3) is 0 Å². The van der Waals surface area contributed by atoms with Gasteiger partial charge in [-0.2, -0.15) is 0 Å². The van der Waals surface area contributed by atoms with Gasteiger partial charge in [0.15, 0.2) is 0 Å². The highest BCUT2D eigenvalue weighted by Crippen LogP contribution is 2.31. The van der Waals surface area contributed by atoms with E-state index in [0.29, 0.717) is 5.41 Å². The second-order valence-electron chi connectivity index (χ2n) is 5.60. The summed E-state index contributed by atoms with van der Waals surface area (Å²) in [6.45, 7) is 8.95. The summed E-state index contributed by atoms with van der Waals surface area (Å²) in [5.74, 6) is 1.87. The molecule has 2 heteroatoms. The summed E-state index contributed by atoms with van der Waals surface area (Å²) >= 11 is 0. The minimum absolute atomic E-state index is 0.432. The predicted octanol–water partition coefficient (Wildman–Crippen LogP) is 2.05. The van der Waals surface area contributed by atoms with E-state index in [9.17, 15) is 0 Å². The Morgan fingerprint density at radius 3 is 2.64 bits per heavy atom. The van der Waals surface area contributed by atoms with E-state index >= 15 is 0 Å². The lowest BCUT2D eigenvalue weighted by Gasteiger charge is -2.38. The van der Waals surface area contributed by atoms with Gasteiger partial charge in [0.25, 0.3) is 0 Å². The molecule has 82 valence electrons. The molecular weight excluding hydrogens is 174 g/mol. The number of hydrogen-bond donors (Lipinski definition) is 1. The molecule has 0 bridgehead atoms. The van der Waals surface area contributed by atoms with Crippen LogP contribution in [0.2, 0.25) is 0 Å². The van der Waals surface area contributed by atoms with Gasteiger partial charge in [-0.25, -0.2) is 0 Å². The van der Waals surface area contributed by atoms with Gasteiger partial charge < -0.3 is 10.1 Å². The predicted molar refractivity (Wildman–Crippen MR) is 58.3 cm³/mol. The summed E-state index contributed by atoms with van der Waals surface area (Å²) in [6.07, 6.45) is 4.31. The van der Waals surface area contributed by atoms with E-state index in [4.69, 9.17) is 4.74 Å². The van der Waals surface area contributed by atoms with Crippen molar-refractivity contribution in [3.8, 4) is 0 Å². The van der Waals surface area contributed by atoms with Gasteiger partial charge in [0, 0.05) is 12.0 Å². The van der Waals surface area contributed by atoms with Crippen molar-refractivity contribution in [1.82, 2.24) is 5.32 Å². The molecule has 14 heavy (non-hydrogen) atoms. The third-order valence-corrected chi connectivity index (χ3v) is 3.90. The molecule has 2 atom stereocenters. The summed E-state index contributed by atoms with van der Waals surface area (Å²) < 4.78 is 5.24. The molecule has 1 N–H and O–H groups in total. The largest absolute Gasteiger partial charge is 0.380 e. The van der Waals surface area contributed by atoms with E-state index in [0.717, 1.165) is 31.6 Å². The Morgan fingerprint density at radius 2 is 2.14 bits per heavy atom. The molecule has 0 amide bonds. The summed E-state index contributed by atoms with van der Waals surface area (Å²) in [5, 5.41) is 3.62. The molecule has 2 fully saturated rings. The van der Waals surface area contributed by atoms with Gasteiger partial charge in [-0.15, -0.1) is 0 Å². The molecule has 0 aromatic carbocycles. The number of hydrogen-bond acceptors (Lipinski definition) is 2. The van der Waals surface area contributed by atoms with Crippen LogP contribution in [0.3, 0.4) is 0 Å².